The first kappa shape index (κ1) is 14.9. The molecule has 3 rings (SSSR count). The summed E-state index contributed by atoms with van der Waals surface area (Å²) in [6, 6.07) is 10.2. The minimum atomic E-state index is 0.0926. The molecule has 0 fully saturated rings. The number of nitrogens with zero attached hydrogens (tertiary/aromatic N) is 2. The molecule has 0 amide bonds. The van der Waals surface area contributed by atoms with Gasteiger partial charge in [-0.25, -0.2) is 9.97 Å². The van der Waals surface area contributed by atoms with Crippen LogP contribution in [0.25, 0.3) is 10.2 Å². The summed E-state index contributed by atoms with van der Waals surface area (Å²) in [6.45, 7) is 3.07. The molecule has 0 bridgehead atoms. The molecule has 2 N–H and O–H groups in total. The molecule has 114 valence electrons. The topological polar surface area (TPSA) is 58.0 Å². The molecule has 5 heteroatoms. The van der Waals surface area contributed by atoms with Crippen molar-refractivity contribution in [2.45, 2.75) is 26.4 Å². The van der Waals surface area contributed by atoms with Gasteiger partial charge >= 0.3 is 0 Å². The van der Waals surface area contributed by atoms with Crippen molar-refractivity contribution in [2.24, 2.45) is 0 Å². The van der Waals surface area contributed by atoms with E-state index in [1.807, 2.05) is 12.1 Å². The normalized spacial score (nSPS) is 11.0. The van der Waals surface area contributed by atoms with Crippen molar-refractivity contribution < 1.29 is 5.11 Å². The number of rotatable bonds is 6. The van der Waals surface area contributed by atoms with Gasteiger partial charge in [-0.1, -0.05) is 31.2 Å². The van der Waals surface area contributed by atoms with Gasteiger partial charge in [-0.2, -0.15) is 0 Å². The monoisotopic (exact) mass is 313 g/mol. The molecular formula is C17H19N3OS. The van der Waals surface area contributed by atoms with E-state index >= 15 is 0 Å². The second kappa shape index (κ2) is 6.85. The summed E-state index contributed by atoms with van der Waals surface area (Å²) in [5.41, 5.74) is 2.19. The van der Waals surface area contributed by atoms with E-state index in [0.717, 1.165) is 41.0 Å². The highest BCUT2D eigenvalue weighted by Gasteiger charge is 2.07. The van der Waals surface area contributed by atoms with Crippen molar-refractivity contribution >= 4 is 27.4 Å². The molecule has 2 heterocycles. The molecule has 0 saturated carbocycles. The largest absolute Gasteiger partial charge is 0.392 e. The number of benzene rings is 1. The second-order valence-corrected chi connectivity index (χ2v) is 6.27. The van der Waals surface area contributed by atoms with Crippen molar-refractivity contribution in [3.8, 4) is 0 Å². The van der Waals surface area contributed by atoms with Crippen LogP contribution >= 0.6 is 11.3 Å². The fraction of sp³-hybridized carbons (Fsp3) is 0.294. The molecule has 22 heavy (non-hydrogen) atoms. The van der Waals surface area contributed by atoms with Gasteiger partial charge in [-0.05, 0) is 30.0 Å². The quantitative estimate of drug-likeness (QED) is 0.732. The van der Waals surface area contributed by atoms with Crippen molar-refractivity contribution in [1.82, 2.24) is 9.97 Å². The van der Waals surface area contributed by atoms with Crippen LogP contribution in [-0.4, -0.2) is 21.6 Å². The van der Waals surface area contributed by atoms with Gasteiger partial charge in [0.15, 0.2) is 0 Å². The Hall–Kier alpha value is -1.98. The van der Waals surface area contributed by atoms with Crippen LogP contribution in [0.1, 0.15) is 22.9 Å². The lowest BCUT2D eigenvalue weighted by atomic mass is 10.1. The molecule has 2 aromatic heterocycles. The van der Waals surface area contributed by atoms with Crippen molar-refractivity contribution in [3.63, 3.8) is 0 Å². The van der Waals surface area contributed by atoms with Crippen molar-refractivity contribution in [1.29, 1.82) is 0 Å². The van der Waals surface area contributed by atoms with Crippen molar-refractivity contribution in [3.05, 3.63) is 52.7 Å². The lowest BCUT2D eigenvalue weighted by Gasteiger charge is -2.07. The number of hydrogen-bond acceptors (Lipinski definition) is 5. The standard InChI is InChI=1S/C17H19N3OS/c1-2-14-9-15-16(19-11-20-17(15)22-14)18-8-7-12-3-5-13(10-21)6-4-12/h3-6,9,11,21H,2,7-8,10H2,1H3,(H,18,19,20). The average Bonchev–Trinajstić information content (AvgIpc) is 2.99. The van der Waals surface area contributed by atoms with E-state index in [1.165, 1.54) is 10.4 Å². The van der Waals surface area contributed by atoms with Gasteiger partial charge in [0.2, 0.25) is 0 Å². The van der Waals surface area contributed by atoms with E-state index in [-0.39, 0.29) is 6.61 Å². The summed E-state index contributed by atoms with van der Waals surface area (Å²) < 4.78 is 0. The predicted octanol–water partition coefficient (Wildman–Crippen LogP) is 3.40. The first-order chi connectivity index (χ1) is 10.8. The van der Waals surface area contributed by atoms with E-state index in [0.29, 0.717) is 0 Å². The van der Waals surface area contributed by atoms with E-state index < -0.39 is 0 Å². The zero-order valence-electron chi connectivity index (χ0n) is 12.5. The minimum absolute atomic E-state index is 0.0926. The molecular weight excluding hydrogens is 294 g/mol. The fourth-order valence-electron chi connectivity index (χ4n) is 2.36. The Kier molecular flexibility index (Phi) is 4.65. The van der Waals surface area contributed by atoms with E-state index in [1.54, 1.807) is 17.7 Å². The summed E-state index contributed by atoms with van der Waals surface area (Å²) in [7, 11) is 0. The molecule has 0 aliphatic heterocycles. The molecule has 0 aliphatic carbocycles. The smallest absolute Gasteiger partial charge is 0.138 e. The summed E-state index contributed by atoms with van der Waals surface area (Å²) in [5.74, 6) is 0.910. The summed E-state index contributed by atoms with van der Waals surface area (Å²) >= 11 is 1.73. The number of fused-ring (bicyclic) bond motifs is 1. The summed E-state index contributed by atoms with van der Waals surface area (Å²) in [6.07, 6.45) is 3.57. The Morgan fingerprint density at radius 2 is 1.91 bits per heavy atom. The molecule has 3 aromatic rings. The van der Waals surface area contributed by atoms with Gasteiger partial charge in [-0.3, -0.25) is 0 Å². The van der Waals surface area contributed by atoms with Crippen LogP contribution in [-0.2, 0) is 19.4 Å². The first-order valence-corrected chi connectivity index (χ1v) is 8.27. The Bertz CT molecular complexity index is 752. The highest BCUT2D eigenvalue weighted by molar-refractivity contribution is 7.18. The highest BCUT2D eigenvalue weighted by atomic mass is 32.1. The number of anilines is 1. The Morgan fingerprint density at radius 3 is 2.64 bits per heavy atom. The van der Waals surface area contributed by atoms with Crippen molar-refractivity contribution in [2.75, 3.05) is 11.9 Å². The summed E-state index contributed by atoms with van der Waals surface area (Å²) in [4.78, 5) is 11.1. The maximum Gasteiger partial charge on any atom is 0.138 e. The second-order valence-electron chi connectivity index (χ2n) is 5.16. The number of aliphatic hydroxyl groups is 1. The molecule has 0 aliphatic rings. The number of hydrogen-bond donors (Lipinski definition) is 2. The average molecular weight is 313 g/mol. The first-order valence-electron chi connectivity index (χ1n) is 7.46. The van der Waals surface area contributed by atoms with Crippen LogP contribution in [0, 0.1) is 0 Å². The maximum atomic E-state index is 9.05. The third-order valence-electron chi connectivity index (χ3n) is 3.64. The van der Waals surface area contributed by atoms with Crippen LogP contribution in [0.4, 0.5) is 5.82 Å². The molecule has 0 spiro atoms. The van der Waals surface area contributed by atoms with Crippen LogP contribution in [0.15, 0.2) is 36.7 Å². The number of aryl methyl sites for hydroxylation is 1. The summed E-state index contributed by atoms with van der Waals surface area (Å²) in [5, 5.41) is 13.6. The lowest BCUT2D eigenvalue weighted by Crippen LogP contribution is -2.06. The van der Waals surface area contributed by atoms with E-state index in [9.17, 15) is 0 Å². The van der Waals surface area contributed by atoms with Crippen LogP contribution in [0.2, 0.25) is 0 Å². The fourth-order valence-corrected chi connectivity index (χ4v) is 3.29. The van der Waals surface area contributed by atoms with Crippen LogP contribution in [0.3, 0.4) is 0 Å². The van der Waals surface area contributed by atoms with Gasteiger partial charge < -0.3 is 10.4 Å². The number of thiophene rings is 1. The number of aliphatic hydroxyl groups excluding tert-OH is 1. The van der Waals surface area contributed by atoms with Gasteiger partial charge in [0.1, 0.15) is 17.0 Å². The third-order valence-corrected chi connectivity index (χ3v) is 4.83. The molecule has 0 radical (unpaired) electrons. The van der Waals surface area contributed by atoms with E-state index in [2.05, 4.69) is 40.4 Å². The van der Waals surface area contributed by atoms with Gasteiger partial charge in [-0.15, -0.1) is 11.3 Å². The van der Waals surface area contributed by atoms with E-state index in [4.69, 9.17) is 5.11 Å². The maximum absolute atomic E-state index is 9.05. The highest BCUT2D eigenvalue weighted by Crippen LogP contribution is 2.28. The predicted molar refractivity (Wildman–Crippen MR) is 91.4 cm³/mol. The Balaban J connectivity index is 1.67. The van der Waals surface area contributed by atoms with Crippen LogP contribution < -0.4 is 5.32 Å². The molecule has 4 nitrogen and oxygen atoms in total. The molecule has 0 unspecified atom stereocenters. The minimum Gasteiger partial charge on any atom is -0.392 e. The molecule has 1 aromatic carbocycles. The zero-order valence-corrected chi connectivity index (χ0v) is 13.4. The number of aromatic nitrogens is 2. The lowest BCUT2D eigenvalue weighted by molar-refractivity contribution is 0.282. The number of nitrogens with one attached hydrogen (secondary N) is 1. The molecule has 0 atom stereocenters. The van der Waals surface area contributed by atoms with Gasteiger partial charge in [0.05, 0.1) is 12.0 Å². The van der Waals surface area contributed by atoms with Gasteiger partial charge in [0.25, 0.3) is 0 Å². The molecule has 0 saturated heterocycles. The zero-order chi connectivity index (χ0) is 15.4. The van der Waals surface area contributed by atoms with Crippen LogP contribution in [0.5, 0.6) is 0 Å². The third kappa shape index (κ3) is 3.26. The van der Waals surface area contributed by atoms with Gasteiger partial charge in [0, 0.05) is 11.4 Å². The SMILES string of the molecule is CCc1cc2c(NCCc3ccc(CO)cc3)ncnc2s1. The Morgan fingerprint density at radius 1 is 1.14 bits per heavy atom. The Labute approximate surface area is 133 Å².